The molecule has 4 heterocycles. The predicted molar refractivity (Wildman–Crippen MR) is 117 cm³/mol. The third kappa shape index (κ3) is 3.88. The lowest BCUT2D eigenvalue weighted by Gasteiger charge is -2.24. The number of aryl methyl sites for hydroxylation is 1. The minimum atomic E-state index is -0.736. The molecule has 0 bridgehead atoms. The predicted octanol–water partition coefficient (Wildman–Crippen LogP) is 3.49. The maximum absolute atomic E-state index is 11.9. The number of nitrogens with zero attached hydrogens (tertiary/aromatic N) is 6. The van der Waals surface area contributed by atoms with Gasteiger partial charge in [0, 0.05) is 54.1 Å². The molecule has 152 valence electrons. The maximum Gasteiger partial charge on any atom is 0.159 e. The zero-order chi connectivity index (χ0) is 20.5. The number of hydrogen-bond donors (Lipinski definition) is 0. The highest BCUT2D eigenvalue weighted by molar-refractivity contribution is 7.91. The molecule has 8 heteroatoms. The molecule has 1 saturated heterocycles. The van der Waals surface area contributed by atoms with Crippen molar-refractivity contribution in [1.29, 1.82) is 0 Å². The summed E-state index contributed by atoms with van der Waals surface area (Å²) >= 11 is -0.736. The quantitative estimate of drug-likeness (QED) is 0.474. The molecule has 0 radical (unpaired) electrons. The SMILES string of the molecule is Cn1cc(-c2cccc(-c3ncc(-c4cnn(C5CCC[S+]([O-])C5)c4)cn3)c2)cn1. The summed E-state index contributed by atoms with van der Waals surface area (Å²) in [5.41, 5.74) is 5.00. The topological polar surface area (TPSA) is 84.5 Å². The van der Waals surface area contributed by atoms with Crippen molar-refractivity contribution < 1.29 is 4.55 Å². The Hall–Kier alpha value is -2.97. The smallest absolute Gasteiger partial charge is 0.159 e. The lowest BCUT2D eigenvalue weighted by atomic mass is 10.1. The summed E-state index contributed by atoms with van der Waals surface area (Å²) in [6, 6.07) is 8.36. The fraction of sp³-hybridized carbons (Fsp3) is 0.273. The van der Waals surface area contributed by atoms with Gasteiger partial charge in [0.05, 0.1) is 18.4 Å². The molecule has 0 spiro atoms. The van der Waals surface area contributed by atoms with Gasteiger partial charge in [0.25, 0.3) is 0 Å². The fourth-order valence-electron chi connectivity index (χ4n) is 3.79. The van der Waals surface area contributed by atoms with Crippen molar-refractivity contribution in [3.05, 3.63) is 61.4 Å². The van der Waals surface area contributed by atoms with Gasteiger partial charge in [-0.3, -0.25) is 9.36 Å². The van der Waals surface area contributed by atoms with Gasteiger partial charge in [-0.05, 0) is 24.5 Å². The summed E-state index contributed by atoms with van der Waals surface area (Å²) < 4.78 is 15.6. The van der Waals surface area contributed by atoms with Crippen molar-refractivity contribution in [3.8, 4) is 33.6 Å². The molecule has 1 aromatic carbocycles. The van der Waals surface area contributed by atoms with Crippen LogP contribution in [0.1, 0.15) is 18.9 Å². The third-order valence-corrected chi connectivity index (χ3v) is 6.91. The van der Waals surface area contributed by atoms with E-state index < -0.39 is 11.2 Å². The Bertz CT molecular complexity index is 1150. The van der Waals surface area contributed by atoms with E-state index in [1.807, 2.05) is 61.0 Å². The molecule has 3 aromatic heterocycles. The second kappa shape index (κ2) is 8.04. The summed E-state index contributed by atoms with van der Waals surface area (Å²) in [5.74, 6) is 2.17. The van der Waals surface area contributed by atoms with E-state index in [4.69, 9.17) is 0 Å². The van der Waals surface area contributed by atoms with Crippen molar-refractivity contribution in [2.24, 2.45) is 7.05 Å². The van der Waals surface area contributed by atoms with Crippen molar-refractivity contribution in [2.75, 3.05) is 11.5 Å². The molecular formula is C22H22N6OS. The van der Waals surface area contributed by atoms with Gasteiger partial charge in [-0.1, -0.05) is 29.4 Å². The van der Waals surface area contributed by atoms with Gasteiger partial charge in [0.15, 0.2) is 5.82 Å². The standard InChI is InChI=1S/C22H22N6OS/c1-27-13-19(11-25-27)16-4-2-5-17(8-16)22-23-9-18(10-24-22)20-12-26-28(14-20)21-6-3-7-30(29)15-21/h2,4-5,8-14,21H,3,6-7,15H2,1H3. The van der Waals surface area contributed by atoms with Crippen molar-refractivity contribution in [2.45, 2.75) is 18.9 Å². The molecule has 1 aliphatic heterocycles. The molecule has 0 amide bonds. The van der Waals surface area contributed by atoms with E-state index in [2.05, 4.69) is 32.3 Å². The molecule has 1 aliphatic rings. The molecule has 0 saturated carbocycles. The van der Waals surface area contributed by atoms with Crippen LogP contribution in [0.25, 0.3) is 33.6 Å². The summed E-state index contributed by atoms with van der Waals surface area (Å²) in [6.07, 6.45) is 13.4. The Balaban J connectivity index is 1.36. The monoisotopic (exact) mass is 418 g/mol. The summed E-state index contributed by atoms with van der Waals surface area (Å²) in [6.45, 7) is 0. The Kier molecular flexibility index (Phi) is 5.10. The summed E-state index contributed by atoms with van der Waals surface area (Å²) in [7, 11) is 1.91. The van der Waals surface area contributed by atoms with Gasteiger partial charge in [-0.2, -0.15) is 10.2 Å². The van der Waals surface area contributed by atoms with Gasteiger partial charge in [0.2, 0.25) is 0 Å². The van der Waals surface area contributed by atoms with E-state index in [1.54, 1.807) is 4.68 Å². The molecule has 5 rings (SSSR count). The maximum atomic E-state index is 11.9. The van der Waals surface area contributed by atoms with Gasteiger partial charge in [0.1, 0.15) is 11.5 Å². The molecule has 0 aliphatic carbocycles. The van der Waals surface area contributed by atoms with Crippen LogP contribution in [0.2, 0.25) is 0 Å². The fourth-order valence-corrected chi connectivity index (χ4v) is 5.19. The first-order valence-corrected chi connectivity index (χ1v) is 11.5. The van der Waals surface area contributed by atoms with E-state index in [9.17, 15) is 4.55 Å². The first-order chi connectivity index (χ1) is 14.7. The lowest BCUT2D eigenvalue weighted by Crippen LogP contribution is -2.27. The van der Waals surface area contributed by atoms with Crippen LogP contribution in [0.3, 0.4) is 0 Å². The molecule has 2 atom stereocenters. The van der Waals surface area contributed by atoms with E-state index >= 15 is 0 Å². The van der Waals surface area contributed by atoms with Crippen LogP contribution in [0, 0.1) is 0 Å². The first kappa shape index (κ1) is 19.0. The molecule has 2 unspecified atom stereocenters. The molecule has 0 N–H and O–H groups in total. The van der Waals surface area contributed by atoms with Gasteiger partial charge in [-0.15, -0.1) is 0 Å². The van der Waals surface area contributed by atoms with Gasteiger partial charge in [-0.25, -0.2) is 9.97 Å². The Morgan fingerprint density at radius 3 is 2.47 bits per heavy atom. The Morgan fingerprint density at radius 1 is 0.933 bits per heavy atom. The van der Waals surface area contributed by atoms with Crippen LogP contribution >= 0.6 is 0 Å². The van der Waals surface area contributed by atoms with E-state index in [1.165, 1.54) is 0 Å². The van der Waals surface area contributed by atoms with Crippen LogP contribution in [-0.4, -0.2) is 45.6 Å². The molecule has 7 nitrogen and oxygen atoms in total. The highest BCUT2D eigenvalue weighted by atomic mass is 32.2. The summed E-state index contributed by atoms with van der Waals surface area (Å²) in [5, 5.41) is 8.74. The van der Waals surface area contributed by atoms with Crippen LogP contribution in [0.5, 0.6) is 0 Å². The highest BCUT2D eigenvalue weighted by Gasteiger charge is 2.25. The van der Waals surface area contributed by atoms with Crippen LogP contribution in [0.15, 0.2) is 61.4 Å². The van der Waals surface area contributed by atoms with Crippen LogP contribution in [0.4, 0.5) is 0 Å². The average Bonchev–Trinajstić information content (AvgIpc) is 3.44. The number of rotatable bonds is 4. The molecule has 4 aromatic rings. The van der Waals surface area contributed by atoms with Crippen LogP contribution in [-0.2, 0) is 18.2 Å². The zero-order valence-electron chi connectivity index (χ0n) is 16.7. The minimum Gasteiger partial charge on any atom is -0.616 e. The number of benzene rings is 1. The second-order valence-corrected chi connectivity index (χ2v) is 9.22. The Morgan fingerprint density at radius 2 is 1.70 bits per heavy atom. The second-order valence-electron chi connectivity index (χ2n) is 7.59. The highest BCUT2D eigenvalue weighted by Crippen LogP contribution is 2.27. The number of aromatic nitrogens is 6. The number of hydrogen-bond acceptors (Lipinski definition) is 5. The average molecular weight is 419 g/mol. The van der Waals surface area contributed by atoms with E-state index in [0.29, 0.717) is 11.6 Å². The lowest BCUT2D eigenvalue weighted by molar-refractivity contribution is 0.435. The largest absolute Gasteiger partial charge is 0.616 e. The van der Waals surface area contributed by atoms with Crippen molar-refractivity contribution in [3.63, 3.8) is 0 Å². The Labute approximate surface area is 178 Å². The molecular weight excluding hydrogens is 396 g/mol. The molecule has 30 heavy (non-hydrogen) atoms. The normalized spacial score (nSPS) is 19.1. The zero-order valence-corrected chi connectivity index (χ0v) is 17.5. The van der Waals surface area contributed by atoms with Crippen molar-refractivity contribution in [1.82, 2.24) is 29.5 Å². The van der Waals surface area contributed by atoms with Gasteiger partial charge < -0.3 is 4.55 Å². The molecule has 1 fully saturated rings. The summed E-state index contributed by atoms with van der Waals surface area (Å²) in [4.78, 5) is 9.16. The minimum absolute atomic E-state index is 0.212. The van der Waals surface area contributed by atoms with Crippen LogP contribution < -0.4 is 0 Å². The van der Waals surface area contributed by atoms with E-state index in [-0.39, 0.29) is 6.04 Å². The van der Waals surface area contributed by atoms with Gasteiger partial charge >= 0.3 is 0 Å². The third-order valence-electron chi connectivity index (χ3n) is 5.41. The first-order valence-electron chi connectivity index (χ1n) is 9.97. The van der Waals surface area contributed by atoms with Crippen molar-refractivity contribution >= 4 is 11.2 Å². The van der Waals surface area contributed by atoms with E-state index in [0.717, 1.165) is 46.4 Å².